The lowest BCUT2D eigenvalue weighted by atomic mass is 10.2. The van der Waals surface area contributed by atoms with Crippen LogP contribution < -0.4 is 4.90 Å². The fourth-order valence-electron chi connectivity index (χ4n) is 1.43. The number of rotatable bonds is 2. The van der Waals surface area contributed by atoms with Crippen molar-refractivity contribution in [2.45, 2.75) is 6.92 Å². The first-order chi connectivity index (χ1) is 8.08. The van der Waals surface area contributed by atoms with Crippen LogP contribution in [0, 0.1) is 6.92 Å². The lowest BCUT2D eigenvalue weighted by Gasteiger charge is -2.15. The van der Waals surface area contributed by atoms with E-state index in [4.69, 9.17) is 0 Å². The van der Waals surface area contributed by atoms with Crippen molar-refractivity contribution in [3.05, 3.63) is 40.9 Å². The Balaban J connectivity index is 2.23. The van der Waals surface area contributed by atoms with Crippen LogP contribution in [0.25, 0.3) is 0 Å². The van der Waals surface area contributed by atoms with E-state index in [0.717, 1.165) is 10.6 Å². The summed E-state index contributed by atoms with van der Waals surface area (Å²) in [5.74, 6) is 0.0270. The zero-order chi connectivity index (χ0) is 12.4. The summed E-state index contributed by atoms with van der Waals surface area (Å²) in [7, 11) is 1.68. The van der Waals surface area contributed by atoms with Gasteiger partial charge in [-0.1, -0.05) is 0 Å². The predicted molar refractivity (Wildman–Crippen MR) is 67.7 cm³/mol. The Morgan fingerprint density at radius 1 is 1.35 bits per heavy atom. The minimum absolute atomic E-state index is 0.153. The van der Waals surface area contributed by atoms with Crippen LogP contribution in [-0.4, -0.2) is 22.4 Å². The summed E-state index contributed by atoms with van der Waals surface area (Å²) in [6, 6.07) is 8.24. The zero-order valence-electron chi connectivity index (χ0n) is 9.54. The average molecular weight is 248 g/mol. The van der Waals surface area contributed by atoms with E-state index in [1.807, 2.05) is 6.92 Å². The highest BCUT2D eigenvalue weighted by atomic mass is 32.1. The summed E-state index contributed by atoms with van der Waals surface area (Å²) < 4.78 is 4.08. The van der Waals surface area contributed by atoms with E-state index in [9.17, 15) is 9.90 Å². The van der Waals surface area contributed by atoms with Gasteiger partial charge in [0.1, 0.15) is 11.4 Å². The van der Waals surface area contributed by atoms with Gasteiger partial charge in [-0.25, -0.2) is 0 Å². The second kappa shape index (κ2) is 4.55. The molecule has 0 atom stereocenters. The Bertz CT molecular complexity index is 534. The molecule has 2 rings (SSSR count). The normalized spacial score (nSPS) is 10.2. The summed E-state index contributed by atoms with van der Waals surface area (Å²) in [4.78, 5) is 14.6. The first-order valence-corrected chi connectivity index (χ1v) is 5.85. The number of phenols is 1. The van der Waals surface area contributed by atoms with Gasteiger partial charge in [0.2, 0.25) is 0 Å². The van der Waals surface area contributed by atoms with Gasteiger partial charge in [-0.3, -0.25) is 4.79 Å². The summed E-state index contributed by atoms with van der Waals surface area (Å²) in [5, 5.41) is 9.18. The lowest BCUT2D eigenvalue weighted by molar-refractivity contribution is 0.0989. The molecule has 1 heterocycles. The number of aromatic nitrogens is 1. The summed E-state index contributed by atoms with van der Waals surface area (Å²) in [5.41, 5.74) is 1.17. The molecule has 0 saturated carbocycles. The molecule has 0 aliphatic heterocycles. The SMILES string of the molecule is Cc1cc(C(=O)N(C)c2ccc(O)cc2)ns1. The van der Waals surface area contributed by atoms with E-state index >= 15 is 0 Å². The molecular formula is C12H12N2O2S. The average Bonchev–Trinajstić information content (AvgIpc) is 2.75. The maximum Gasteiger partial charge on any atom is 0.277 e. The van der Waals surface area contributed by atoms with Crippen molar-refractivity contribution in [2.75, 3.05) is 11.9 Å². The van der Waals surface area contributed by atoms with Crippen molar-refractivity contribution in [3.63, 3.8) is 0 Å². The van der Waals surface area contributed by atoms with Crippen LogP contribution in [0.2, 0.25) is 0 Å². The van der Waals surface area contributed by atoms with Gasteiger partial charge < -0.3 is 10.0 Å². The second-order valence-electron chi connectivity index (χ2n) is 3.70. The summed E-state index contributed by atoms with van der Waals surface area (Å²) >= 11 is 1.31. The Morgan fingerprint density at radius 2 is 2.00 bits per heavy atom. The first kappa shape index (κ1) is 11.6. The number of benzene rings is 1. The molecule has 0 unspecified atom stereocenters. The monoisotopic (exact) mass is 248 g/mol. The highest BCUT2D eigenvalue weighted by Crippen LogP contribution is 2.19. The largest absolute Gasteiger partial charge is 0.508 e. The van der Waals surface area contributed by atoms with Crippen molar-refractivity contribution in [1.82, 2.24) is 4.37 Å². The number of aryl methyl sites for hydroxylation is 1. The number of aromatic hydroxyl groups is 1. The van der Waals surface area contributed by atoms with E-state index in [0.29, 0.717) is 5.69 Å². The predicted octanol–water partition coefficient (Wildman–Crippen LogP) is 2.43. The molecule has 88 valence electrons. The molecule has 0 spiro atoms. The highest BCUT2D eigenvalue weighted by Gasteiger charge is 2.16. The minimum atomic E-state index is -0.153. The molecule has 1 aromatic heterocycles. The van der Waals surface area contributed by atoms with Gasteiger partial charge in [0.25, 0.3) is 5.91 Å². The Kier molecular flexibility index (Phi) is 3.10. The van der Waals surface area contributed by atoms with E-state index in [1.54, 1.807) is 37.4 Å². The molecule has 0 aliphatic carbocycles. The minimum Gasteiger partial charge on any atom is -0.508 e. The molecule has 2 aromatic rings. The van der Waals surface area contributed by atoms with E-state index in [1.165, 1.54) is 16.4 Å². The van der Waals surface area contributed by atoms with Crippen LogP contribution in [0.3, 0.4) is 0 Å². The van der Waals surface area contributed by atoms with Crippen molar-refractivity contribution in [2.24, 2.45) is 0 Å². The Hall–Kier alpha value is -1.88. The maximum atomic E-state index is 12.1. The highest BCUT2D eigenvalue weighted by molar-refractivity contribution is 7.05. The maximum absolute atomic E-state index is 12.1. The van der Waals surface area contributed by atoms with Gasteiger partial charge in [-0.2, -0.15) is 4.37 Å². The van der Waals surface area contributed by atoms with Gasteiger partial charge in [0.15, 0.2) is 0 Å². The van der Waals surface area contributed by atoms with Crippen molar-refractivity contribution in [3.8, 4) is 5.75 Å². The van der Waals surface area contributed by atoms with E-state index in [2.05, 4.69) is 4.37 Å². The summed E-state index contributed by atoms with van der Waals surface area (Å²) in [6.07, 6.45) is 0. The smallest absolute Gasteiger partial charge is 0.277 e. The van der Waals surface area contributed by atoms with Crippen LogP contribution in [-0.2, 0) is 0 Å². The van der Waals surface area contributed by atoms with Crippen LogP contribution in [0.4, 0.5) is 5.69 Å². The molecule has 1 aromatic carbocycles. The molecule has 0 aliphatic rings. The topological polar surface area (TPSA) is 53.4 Å². The number of phenolic OH excluding ortho intramolecular Hbond substituents is 1. The van der Waals surface area contributed by atoms with Gasteiger partial charge >= 0.3 is 0 Å². The van der Waals surface area contributed by atoms with Crippen molar-refractivity contribution in [1.29, 1.82) is 0 Å². The number of amides is 1. The third kappa shape index (κ3) is 2.45. The second-order valence-corrected chi connectivity index (χ2v) is 4.71. The van der Waals surface area contributed by atoms with E-state index < -0.39 is 0 Å². The molecule has 0 bridgehead atoms. The van der Waals surface area contributed by atoms with Crippen LogP contribution in [0.1, 0.15) is 15.4 Å². The Labute approximate surface area is 103 Å². The third-order valence-electron chi connectivity index (χ3n) is 2.39. The van der Waals surface area contributed by atoms with Crippen LogP contribution >= 0.6 is 11.5 Å². The molecule has 1 amide bonds. The number of anilines is 1. The van der Waals surface area contributed by atoms with Crippen molar-refractivity contribution < 1.29 is 9.90 Å². The molecule has 0 fully saturated rings. The fraction of sp³-hybridized carbons (Fsp3) is 0.167. The standard InChI is InChI=1S/C12H12N2O2S/c1-8-7-11(13-17-8)12(16)14(2)9-3-5-10(15)6-4-9/h3-7,15H,1-2H3. The number of hydrogen-bond donors (Lipinski definition) is 1. The fourth-order valence-corrected chi connectivity index (χ4v) is 1.97. The molecule has 17 heavy (non-hydrogen) atoms. The third-order valence-corrected chi connectivity index (χ3v) is 3.08. The first-order valence-electron chi connectivity index (χ1n) is 5.08. The Morgan fingerprint density at radius 3 is 2.53 bits per heavy atom. The molecule has 0 radical (unpaired) electrons. The van der Waals surface area contributed by atoms with Gasteiger partial charge in [-0.05, 0) is 48.8 Å². The number of carbonyl (C=O) groups is 1. The van der Waals surface area contributed by atoms with Gasteiger partial charge in [-0.15, -0.1) is 0 Å². The van der Waals surface area contributed by atoms with Gasteiger partial charge in [0, 0.05) is 17.6 Å². The van der Waals surface area contributed by atoms with Crippen LogP contribution in [0.5, 0.6) is 5.75 Å². The quantitative estimate of drug-likeness (QED) is 0.888. The number of nitrogens with zero attached hydrogens (tertiary/aromatic N) is 2. The molecule has 5 heteroatoms. The zero-order valence-corrected chi connectivity index (χ0v) is 10.4. The molecule has 4 nitrogen and oxygen atoms in total. The van der Waals surface area contributed by atoms with E-state index in [-0.39, 0.29) is 11.7 Å². The van der Waals surface area contributed by atoms with Crippen molar-refractivity contribution >= 4 is 23.1 Å². The molecule has 1 N–H and O–H groups in total. The van der Waals surface area contributed by atoms with Crippen LogP contribution in [0.15, 0.2) is 30.3 Å². The summed E-state index contributed by atoms with van der Waals surface area (Å²) in [6.45, 7) is 1.91. The number of hydrogen-bond acceptors (Lipinski definition) is 4. The lowest BCUT2D eigenvalue weighted by Crippen LogP contribution is -2.26. The molecular weight excluding hydrogens is 236 g/mol. The molecule has 0 saturated heterocycles. The number of carbonyl (C=O) groups excluding carboxylic acids is 1. The van der Waals surface area contributed by atoms with Gasteiger partial charge in [0.05, 0.1) is 0 Å².